The molecule has 0 nitrogen and oxygen atoms in total. The maximum absolute atomic E-state index is 5.33. The van der Waals surface area contributed by atoms with Crippen molar-refractivity contribution in [3.63, 3.8) is 0 Å². The van der Waals surface area contributed by atoms with Gasteiger partial charge in [-0.3, -0.25) is 0 Å². The Labute approximate surface area is 69.4 Å². The SMILES string of the molecule is C#CCC1CC(C)C2C(C)C12. The van der Waals surface area contributed by atoms with Crippen LogP contribution in [0.1, 0.15) is 26.7 Å². The summed E-state index contributed by atoms with van der Waals surface area (Å²) in [6.45, 7) is 4.77. The number of terminal acetylenes is 1. The average Bonchev–Trinajstić information content (AvgIpc) is 2.48. The van der Waals surface area contributed by atoms with E-state index in [1.54, 1.807) is 0 Å². The van der Waals surface area contributed by atoms with Gasteiger partial charge in [-0.25, -0.2) is 0 Å². The fourth-order valence-corrected chi connectivity index (χ4v) is 3.33. The van der Waals surface area contributed by atoms with Gasteiger partial charge in [-0.15, -0.1) is 12.3 Å². The van der Waals surface area contributed by atoms with Crippen LogP contribution < -0.4 is 0 Å². The second kappa shape index (κ2) is 2.27. The highest BCUT2D eigenvalue weighted by molar-refractivity contribution is 5.08. The monoisotopic (exact) mass is 148 g/mol. The van der Waals surface area contributed by atoms with Crippen molar-refractivity contribution < 1.29 is 0 Å². The Morgan fingerprint density at radius 3 is 2.55 bits per heavy atom. The first-order valence-electron chi connectivity index (χ1n) is 4.69. The van der Waals surface area contributed by atoms with Gasteiger partial charge in [-0.1, -0.05) is 13.8 Å². The van der Waals surface area contributed by atoms with Crippen molar-refractivity contribution >= 4 is 0 Å². The van der Waals surface area contributed by atoms with Crippen molar-refractivity contribution in [3.05, 3.63) is 0 Å². The third-order valence-corrected chi connectivity index (χ3v) is 3.77. The van der Waals surface area contributed by atoms with Crippen molar-refractivity contribution in [2.75, 3.05) is 0 Å². The van der Waals surface area contributed by atoms with Crippen LogP contribution in [0.4, 0.5) is 0 Å². The van der Waals surface area contributed by atoms with E-state index in [4.69, 9.17) is 6.42 Å². The summed E-state index contributed by atoms with van der Waals surface area (Å²) in [5.41, 5.74) is 0. The number of fused-ring (bicyclic) bond motifs is 1. The number of hydrogen-bond donors (Lipinski definition) is 0. The minimum Gasteiger partial charge on any atom is -0.120 e. The lowest BCUT2D eigenvalue weighted by molar-refractivity contribution is 0.398. The van der Waals surface area contributed by atoms with Gasteiger partial charge in [-0.05, 0) is 36.0 Å². The van der Waals surface area contributed by atoms with Crippen LogP contribution in [0.15, 0.2) is 0 Å². The molecule has 2 fully saturated rings. The van der Waals surface area contributed by atoms with E-state index in [0.717, 1.165) is 36.0 Å². The summed E-state index contributed by atoms with van der Waals surface area (Å²) in [4.78, 5) is 0. The number of hydrogen-bond acceptors (Lipinski definition) is 0. The van der Waals surface area contributed by atoms with Gasteiger partial charge in [0, 0.05) is 6.42 Å². The van der Waals surface area contributed by atoms with Crippen LogP contribution in [0, 0.1) is 41.9 Å². The largest absolute Gasteiger partial charge is 0.120 e. The molecule has 0 aromatic heterocycles. The third-order valence-electron chi connectivity index (χ3n) is 3.77. The van der Waals surface area contributed by atoms with Crippen LogP contribution >= 0.6 is 0 Å². The molecule has 0 saturated heterocycles. The first-order chi connectivity index (χ1) is 5.25. The summed E-state index contributed by atoms with van der Waals surface area (Å²) < 4.78 is 0. The minimum absolute atomic E-state index is 0.870. The molecule has 11 heavy (non-hydrogen) atoms. The van der Waals surface area contributed by atoms with E-state index in [-0.39, 0.29) is 0 Å². The molecule has 0 N–H and O–H groups in total. The van der Waals surface area contributed by atoms with Crippen LogP contribution in [-0.4, -0.2) is 0 Å². The standard InChI is InChI=1S/C11H16/c1-4-5-9-6-7(2)10-8(3)11(9)10/h1,7-11H,5-6H2,2-3H3. The summed E-state index contributed by atoms with van der Waals surface area (Å²) in [7, 11) is 0. The molecule has 0 aliphatic heterocycles. The Morgan fingerprint density at radius 1 is 1.36 bits per heavy atom. The van der Waals surface area contributed by atoms with Crippen molar-refractivity contribution in [2.24, 2.45) is 29.6 Å². The Kier molecular flexibility index (Phi) is 1.49. The highest BCUT2D eigenvalue weighted by Crippen LogP contribution is 2.63. The van der Waals surface area contributed by atoms with E-state index in [9.17, 15) is 0 Å². The van der Waals surface area contributed by atoms with E-state index in [0.29, 0.717) is 0 Å². The van der Waals surface area contributed by atoms with Gasteiger partial charge in [0.15, 0.2) is 0 Å². The summed E-state index contributed by atoms with van der Waals surface area (Å²) >= 11 is 0. The molecular weight excluding hydrogens is 132 g/mol. The highest BCUT2D eigenvalue weighted by atomic mass is 14.6. The molecule has 2 rings (SSSR count). The molecule has 0 heteroatoms. The van der Waals surface area contributed by atoms with Crippen molar-refractivity contribution in [1.82, 2.24) is 0 Å². The van der Waals surface area contributed by atoms with Gasteiger partial charge in [0.1, 0.15) is 0 Å². The topological polar surface area (TPSA) is 0 Å². The maximum Gasteiger partial charge on any atom is 0.0117 e. The Hall–Kier alpha value is -0.440. The third kappa shape index (κ3) is 0.906. The highest BCUT2D eigenvalue weighted by Gasteiger charge is 2.58. The molecule has 2 aliphatic rings. The van der Waals surface area contributed by atoms with E-state index in [1.807, 2.05) is 0 Å². The molecule has 2 aliphatic carbocycles. The van der Waals surface area contributed by atoms with Gasteiger partial charge < -0.3 is 0 Å². The smallest absolute Gasteiger partial charge is 0.0117 e. The Morgan fingerprint density at radius 2 is 2.09 bits per heavy atom. The predicted molar refractivity (Wildman–Crippen MR) is 46.9 cm³/mol. The van der Waals surface area contributed by atoms with Crippen LogP contribution in [0.5, 0.6) is 0 Å². The van der Waals surface area contributed by atoms with E-state index in [1.165, 1.54) is 6.42 Å². The lowest BCUT2D eigenvalue weighted by Gasteiger charge is -2.11. The first-order valence-corrected chi connectivity index (χ1v) is 4.69. The molecule has 0 heterocycles. The van der Waals surface area contributed by atoms with Crippen molar-refractivity contribution in [2.45, 2.75) is 26.7 Å². The van der Waals surface area contributed by atoms with E-state index < -0.39 is 0 Å². The molecule has 0 bridgehead atoms. The second-order valence-electron chi connectivity index (χ2n) is 4.40. The summed E-state index contributed by atoms with van der Waals surface area (Å²) in [6.07, 6.45) is 7.75. The molecule has 60 valence electrons. The maximum atomic E-state index is 5.33. The predicted octanol–water partition coefficient (Wildman–Crippen LogP) is 2.55. The summed E-state index contributed by atoms with van der Waals surface area (Å²) in [6, 6.07) is 0. The van der Waals surface area contributed by atoms with Gasteiger partial charge in [0.25, 0.3) is 0 Å². The first kappa shape index (κ1) is 7.22. The quantitative estimate of drug-likeness (QED) is 0.501. The lowest BCUT2D eigenvalue weighted by Crippen LogP contribution is -2.03. The lowest BCUT2D eigenvalue weighted by atomic mass is 9.93. The van der Waals surface area contributed by atoms with Crippen LogP contribution in [-0.2, 0) is 0 Å². The van der Waals surface area contributed by atoms with Crippen molar-refractivity contribution in [3.8, 4) is 12.3 Å². The summed E-state index contributed by atoms with van der Waals surface area (Å²) in [5, 5.41) is 0. The molecule has 5 atom stereocenters. The van der Waals surface area contributed by atoms with Gasteiger partial charge in [-0.2, -0.15) is 0 Å². The molecular formula is C11H16. The van der Waals surface area contributed by atoms with Gasteiger partial charge in [0.2, 0.25) is 0 Å². The fourth-order valence-electron chi connectivity index (χ4n) is 3.33. The van der Waals surface area contributed by atoms with Gasteiger partial charge >= 0.3 is 0 Å². The van der Waals surface area contributed by atoms with Crippen LogP contribution in [0.3, 0.4) is 0 Å². The van der Waals surface area contributed by atoms with E-state index >= 15 is 0 Å². The number of rotatable bonds is 1. The molecule has 0 radical (unpaired) electrons. The van der Waals surface area contributed by atoms with Gasteiger partial charge in [0.05, 0.1) is 0 Å². The zero-order valence-corrected chi connectivity index (χ0v) is 7.38. The zero-order valence-electron chi connectivity index (χ0n) is 7.38. The molecule has 0 aromatic carbocycles. The zero-order chi connectivity index (χ0) is 8.01. The molecule has 0 spiro atoms. The minimum atomic E-state index is 0.870. The molecule has 2 saturated carbocycles. The van der Waals surface area contributed by atoms with E-state index in [2.05, 4.69) is 19.8 Å². The average molecular weight is 148 g/mol. The molecule has 0 aromatic rings. The van der Waals surface area contributed by atoms with Crippen LogP contribution in [0.2, 0.25) is 0 Å². The fraction of sp³-hybridized carbons (Fsp3) is 0.818. The normalized spacial score (nSPS) is 53.4. The Balaban J connectivity index is 2.01. The molecule has 5 unspecified atom stereocenters. The Bertz CT molecular complexity index is 199. The molecule has 0 amide bonds. The van der Waals surface area contributed by atoms with Crippen molar-refractivity contribution in [1.29, 1.82) is 0 Å². The second-order valence-corrected chi connectivity index (χ2v) is 4.40. The van der Waals surface area contributed by atoms with Crippen LogP contribution in [0.25, 0.3) is 0 Å². The summed E-state index contributed by atoms with van der Waals surface area (Å²) in [5.74, 6) is 7.65.